The average Bonchev–Trinajstić information content (AvgIpc) is 2.42. The Labute approximate surface area is 120 Å². The van der Waals surface area contributed by atoms with Gasteiger partial charge in [-0.2, -0.15) is 13.2 Å². The number of hydrogen-bond acceptors (Lipinski definition) is 4. The minimum atomic E-state index is -4.20. The highest BCUT2D eigenvalue weighted by molar-refractivity contribution is 5.99. The molecular formula is C13H18F3N3O2. The second-order valence-corrected chi connectivity index (χ2v) is 4.62. The van der Waals surface area contributed by atoms with Crippen molar-refractivity contribution >= 4 is 5.84 Å². The molecule has 0 aromatic heterocycles. The summed E-state index contributed by atoms with van der Waals surface area (Å²) in [4.78, 5) is 0. The minimum Gasteiger partial charge on any atom is -0.496 e. The summed E-state index contributed by atoms with van der Waals surface area (Å²) in [7, 11) is 1.44. The van der Waals surface area contributed by atoms with Gasteiger partial charge in [-0.15, -0.1) is 0 Å². The van der Waals surface area contributed by atoms with Crippen molar-refractivity contribution in [2.24, 2.45) is 10.9 Å². The molecule has 0 spiro atoms. The first-order valence-electron chi connectivity index (χ1n) is 6.21. The molecule has 0 heterocycles. The smallest absolute Gasteiger partial charge is 0.390 e. The molecule has 1 aromatic carbocycles. The molecule has 5 nitrogen and oxygen atoms in total. The average molecular weight is 305 g/mol. The van der Waals surface area contributed by atoms with E-state index in [1.807, 2.05) is 0 Å². The maximum absolute atomic E-state index is 12.2. The van der Waals surface area contributed by atoms with E-state index in [0.717, 1.165) is 0 Å². The number of alkyl halides is 3. The van der Waals surface area contributed by atoms with E-state index in [9.17, 15) is 13.2 Å². The van der Waals surface area contributed by atoms with Gasteiger partial charge in [-0.25, -0.2) is 0 Å². The van der Waals surface area contributed by atoms with E-state index >= 15 is 0 Å². The van der Waals surface area contributed by atoms with Crippen LogP contribution in [0.25, 0.3) is 0 Å². The van der Waals surface area contributed by atoms with E-state index in [1.54, 1.807) is 18.2 Å². The normalized spacial score (nSPS) is 14.0. The van der Waals surface area contributed by atoms with Crippen LogP contribution in [0.1, 0.15) is 24.5 Å². The van der Waals surface area contributed by atoms with Crippen LogP contribution < -0.4 is 15.8 Å². The van der Waals surface area contributed by atoms with Gasteiger partial charge in [-0.05, 0) is 24.6 Å². The van der Waals surface area contributed by atoms with Gasteiger partial charge < -0.3 is 21.0 Å². The Morgan fingerprint density at radius 1 is 1.48 bits per heavy atom. The topological polar surface area (TPSA) is 79.9 Å². The van der Waals surface area contributed by atoms with Gasteiger partial charge in [0.2, 0.25) is 0 Å². The first-order valence-corrected chi connectivity index (χ1v) is 6.21. The molecule has 0 radical (unpaired) electrons. The standard InChI is InChI=1S/C13H18F3N3O2/c1-8(6-13(14,15)16)18-7-9-3-4-11(21-2)10(5-9)12(17)19-20/h3-5,8,18,20H,6-7H2,1-2H3,(H2,17,19). The lowest BCUT2D eigenvalue weighted by atomic mass is 10.1. The highest BCUT2D eigenvalue weighted by atomic mass is 19.4. The number of benzene rings is 1. The third-order valence-electron chi connectivity index (χ3n) is 2.84. The summed E-state index contributed by atoms with van der Waals surface area (Å²) >= 11 is 0. The molecule has 0 fully saturated rings. The molecule has 0 bridgehead atoms. The number of amidine groups is 1. The van der Waals surface area contributed by atoms with Crippen LogP contribution in [-0.2, 0) is 6.54 Å². The first-order chi connectivity index (χ1) is 9.76. The van der Waals surface area contributed by atoms with Gasteiger partial charge in [0.15, 0.2) is 5.84 Å². The van der Waals surface area contributed by atoms with Gasteiger partial charge in [0.25, 0.3) is 0 Å². The molecule has 118 valence electrons. The fraction of sp³-hybridized carbons (Fsp3) is 0.462. The van der Waals surface area contributed by atoms with Crippen LogP contribution in [0.3, 0.4) is 0 Å². The molecule has 0 saturated heterocycles. The van der Waals surface area contributed by atoms with Gasteiger partial charge in [0.05, 0.1) is 19.1 Å². The highest BCUT2D eigenvalue weighted by Gasteiger charge is 2.29. The van der Waals surface area contributed by atoms with Crippen LogP contribution in [0.2, 0.25) is 0 Å². The number of halogens is 3. The summed E-state index contributed by atoms with van der Waals surface area (Å²) < 4.78 is 41.8. The van der Waals surface area contributed by atoms with Gasteiger partial charge in [-0.1, -0.05) is 11.2 Å². The summed E-state index contributed by atoms with van der Waals surface area (Å²) in [6.07, 6.45) is -5.11. The molecule has 0 aliphatic heterocycles. The van der Waals surface area contributed by atoms with Gasteiger partial charge >= 0.3 is 6.18 Å². The lowest BCUT2D eigenvalue weighted by Crippen LogP contribution is -2.30. The number of nitrogens with one attached hydrogen (secondary N) is 1. The SMILES string of the molecule is COc1ccc(CNC(C)CC(F)(F)F)cc1/C(N)=N/O. The van der Waals surface area contributed by atoms with Crippen molar-refractivity contribution < 1.29 is 23.1 Å². The van der Waals surface area contributed by atoms with Gasteiger partial charge in [0, 0.05) is 12.6 Å². The molecule has 1 atom stereocenters. The fourth-order valence-electron chi connectivity index (χ4n) is 1.83. The van der Waals surface area contributed by atoms with Crippen molar-refractivity contribution in [3.63, 3.8) is 0 Å². The molecule has 4 N–H and O–H groups in total. The van der Waals surface area contributed by atoms with Crippen molar-refractivity contribution in [1.82, 2.24) is 5.32 Å². The number of hydrogen-bond donors (Lipinski definition) is 3. The summed E-state index contributed by atoms with van der Waals surface area (Å²) in [5, 5.41) is 14.4. The third kappa shape index (κ3) is 5.50. The van der Waals surface area contributed by atoms with E-state index in [1.165, 1.54) is 14.0 Å². The van der Waals surface area contributed by atoms with E-state index in [2.05, 4.69) is 10.5 Å². The Balaban J connectivity index is 2.77. The van der Waals surface area contributed by atoms with Crippen molar-refractivity contribution in [2.75, 3.05) is 7.11 Å². The lowest BCUT2D eigenvalue weighted by Gasteiger charge is -2.16. The zero-order chi connectivity index (χ0) is 16.0. The van der Waals surface area contributed by atoms with E-state index in [-0.39, 0.29) is 12.4 Å². The summed E-state index contributed by atoms with van der Waals surface area (Å²) in [5.41, 5.74) is 6.61. The van der Waals surface area contributed by atoms with Gasteiger partial charge in [0.1, 0.15) is 5.75 Å². The molecule has 1 rings (SSSR count). The minimum absolute atomic E-state index is 0.128. The fourth-order valence-corrected chi connectivity index (χ4v) is 1.83. The Morgan fingerprint density at radius 3 is 2.67 bits per heavy atom. The van der Waals surface area contributed by atoms with Crippen molar-refractivity contribution in [2.45, 2.75) is 32.1 Å². The molecule has 0 amide bonds. The molecule has 1 unspecified atom stereocenters. The predicted octanol–water partition coefficient (Wildman–Crippen LogP) is 2.22. The Morgan fingerprint density at radius 2 is 2.14 bits per heavy atom. The van der Waals surface area contributed by atoms with E-state index in [4.69, 9.17) is 15.7 Å². The molecule has 8 heteroatoms. The summed E-state index contributed by atoms with van der Waals surface area (Å²) in [6, 6.07) is 4.19. The van der Waals surface area contributed by atoms with Crippen LogP contribution >= 0.6 is 0 Å². The highest BCUT2D eigenvalue weighted by Crippen LogP contribution is 2.22. The number of ether oxygens (including phenoxy) is 1. The van der Waals surface area contributed by atoms with E-state index in [0.29, 0.717) is 16.9 Å². The Bertz CT molecular complexity index is 504. The molecule has 0 saturated carbocycles. The van der Waals surface area contributed by atoms with Crippen LogP contribution in [0, 0.1) is 0 Å². The number of oxime groups is 1. The van der Waals surface area contributed by atoms with Crippen LogP contribution in [0.15, 0.2) is 23.4 Å². The molecule has 0 aliphatic carbocycles. The van der Waals surface area contributed by atoms with E-state index < -0.39 is 18.6 Å². The van der Waals surface area contributed by atoms with Crippen molar-refractivity contribution in [3.05, 3.63) is 29.3 Å². The zero-order valence-corrected chi connectivity index (χ0v) is 11.7. The predicted molar refractivity (Wildman–Crippen MR) is 72.5 cm³/mol. The van der Waals surface area contributed by atoms with Crippen molar-refractivity contribution in [1.29, 1.82) is 0 Å². The van der Waals surface area contributed by atoms with Crippen LogP contribution in [0.4, 0.5) is 13.2 Å². The largest absolute Gasteiger partial charge is 0.496 e. The first kappa shape index (κ1) is 17.1. The Hall–Kier alpha value is -1.96. The monoisotopic (exact) mass is 305 g/mol. The zero-order valence-electron chi connectivity index (χ0n) is 11.7. The van der Waals surface area contributed by atoms with Crippen molar-refractivity contribution in [3.8, 4) is 5.75 Å². The quantitative estimate of drug-likeness (QED) is 0.326. The van der Waals surface area contributed by atoms with Gasteiger partial charge in [-0.3, -0.25) is 0 Å². The molecule has 0 aliphatic rings. The maximum Gasteiger partial charge on any atom is 0.390 e. The maximum atomic E-state index is 12.2. The molecule has 1 aromatic rings. The number of nitrogens with two attached hydrogens (primary N) is 1. The molecule has 21 heavy (non-hydrogen) atoms. The summed E-state index contributed by atoms with van der Waals surface area (Å²) in [5.74, 6) is 0.287. The lowest BCUT2D eigenvalue weighted by molar-refractivity contribution is -0.139. The summed E-state index contributed by atoms with van der Waals surface area (Å²) in [6.45, 7) is 1.69. The van der Waals surface area contributed by atoms with Crippen LogP contribution in [-0.4, -0.2) is 30.4 Å². The second kappa shape index (κ2) is 7.16. The second-order valence-electron chi connectivity index (χ2n) is 4.62. The van der Waals surface area contributed by atoms with Crippen LogP contribution in [0.5, 0.6) is 5.75 Å². The number of rotatable bonds is 6. The third-order valence-corrected chi connectivity index (χ3v) is 2.84. The number of nitrogens with zero attached hydrogens (tertiary/aromatic N) is 1. The Kier molecular flexibility index (Phi) is 5.83. The molecular weight excluding hydrogens is 287 g/mol. The number of methoxy groups -OCH3 is 1.